The first-order valence-electron chi connectivity index (χ1n) is 9.35. The lowest BCUT2D eigenvalue weighted by atomic mass is 9.74. The van der Waals surface area contributed by atoms with Gasteiger partial charge >= 0.3 is 11.9 Å². The Morgan fingerprint density at radius 1 is 0.862 bits per heavy atom. The number of carbonyl (C=O) groups is 2. The second-order valence-electron chi connectivity index (χ2n) is 6.26. The molecule has 0 aromatic heterocycles. The molecule has 2 rings (SSSR count). The van der Waals surface area contributed by atoms with Crippen LogP contribution in [-0.2, 0) is 19.1 Å². The summed E-state index contributed by atoms with van der Waals surface area (Å²) in [4.78, 5) is 25.5. The van der Waals surface area contributed by atoms with Gasteiger partial charge in [-0.2, -0.15) is 10.5 Å². The van der Waals surface area contributed by atoms with Crippen molar-refractivity contribution in [2.24, 2.45) is 5.92 Å². The van der Waals surface area contributed by atoms with Crippen molar-refractivity contribution < 1.29 is 19.1 Å². The van der Waals surface area contributed by atoms with Gasteiger partial charge in [0.05, 0.1) is 36.8 Å². The molecule has 0 saturated carbocycles. The van der Waals surface area contributed by atoms with Crippen LogP contribution in [0.5, 0.6) is 0 Å². The third-order valence-electron chi connectivity index (χ3n) is 4.52. The standard InChI is InChI=1S/C23H22N2O4/c1-3-28-22(26)21(23(27)29-4-2)20(18-8-6-5-7-9-18)19(15-25)17-12-10-16(14-24)11-13-17/h5-13,19-21H,3-4H2,1-2H3/t19-,20+/m0/s1. The zero-order valence-electron chi connectivity index (χ0n) is 16.4. The van der Waals surface area contributed by atoms with Gasteiger partial charge in [-0.05, 0) is 37.1 Å². The fourth-order valence-electron chi connectivity index (χ4n) is 3.23. The molecule has 0 aliphatic heterocycles. The summed E-state index contributed by atoms with van der Waals surface area (Å²) in [6.07, 6.45) is 0. The number of esters is 2. The van der Waals surface area contributed by atoms with Gasteiger partial charge in [-0.25, -0.2) is 0 Å². The van der Waals surface area contributed by atoms with E-state index in [1.165, 1.54) is 0 Å². The summed E-state index contributed by atoms with van der Waals surface area (Å²) in [5, 5.41) is 19.0. The average Bonchev–Trinajstić information content (AvgIpc) is 2.75. The largest absolute Gasteiger partial charge is 0.465 e. The molecular weight excluding hydrogens is 368 g/mol. The maximum absolute atomic E-state index is 12.8. The molecule has 0 fully saturated rings. The Labute approximate surface area is 170 Å². The maximum Gasteiger partial charge on any atom is 0.321 e. The molecular formula is C23H22N2O4. The molecule has 0 radical (unpaired) electrons. The summed E-state index contributed by atoms with van der Waals surface area (Å²) < 4.78 is 10.3. The topological polar surface area (TPSA) is 100 Å². The average molecular weight is 390 g/mol. The maximum atomic E-state index is 12.8. The van der Waals surface area contributed by atoms with Crippen molar-refractivity contribution in [2.75, 3.05) is 13.2 Å². The molecule has 29 heavy (non-hydrogen) atoms. The number of nitriles is 2. The lowest BCUT2D eigenvalue weighted by molar-refractivity contribution is -0.163. The minimum atomic E-state index is -1.29. The van der Waals surface area contributed by atoms with Gasteiger partial charge in [-0.15, -0.1) is 0 Å². The van der Waals surface area contributed by atoms with Crippen molar-refractivity contribution in [3.63, 3.8) is 0 Å². The molecule has 0 heterocycles. The minimum absolute atomic E-state index is 0.102. The van der Waals surface area contributed by atoms with Crippen molar-refractivity contribution in [1.82, 2.24) is 0 Å². The first-order chi connectivity index (χ1) is 14.1. The Kier molecular flexibility index (Phi) is 7.94. The molecule has 0 aliphatic carbocycles. The molecule has 2 aromatic rings. The number of nitrogens with zero attached hydrogens (tertiary/aromatic N) is 2. The van der Waals surface area contributed by atoms with Crippen LogP contribution in [-0.4, -0.2) is 25.2 Å². The molecule has 0 aliphatic rings. The van der Waals surface area contributed by atoms with E-state index < -0.39 is 29.7 Å². The number of carbonyl (C=O) groups excluding carboxylic acids is 2. The summed E-state index contributed by atoms with van der Waals surface area (Å²) in [6, 6.07) is 19.7. The quantitative estimate of drug-likeness (QED) is 0.503. The lowest BCUT2D eigenvalue weighted by Crippen LogP contribution is -2.36. The fraction of sp³-hybridized carbons (Fsp3) is 0.304. The van der Waals surface area contributed by atoms with E-state index in [1.54, 1.807) is 62.4 Å². The van der Waals surface area contributed by atoms with Crippen LogP contribution in [0.4, 0.5) is 0 Å². The van der Waals surface area contributed by atoms with E-state index in [9.17, 15) is 14.9 Å². The Bertz CT molecular complexity index is 893. The van der Waals surface area contributed by atoms with Crippen LogP contribution in [0.3, 0.4) is 0 Å². The van der Waals surface area contributed by atoms with Crippen molar-refractivity contribution in [1.29, 1.82) is 10.5 Å². The van der Waals surface area contributed by atoms with Gasteiger partial charge in [0.15, 0.2) is 5.92 Å². The predicted molar refractivity (Wildman–Crippen MR) is 105 cm³/mol. The van der Waals surface area contributed by atoms with E-state index in [-0.39, 0.29) is 13.2 Å². The Balaban J connectivity index is 2.62. The van der Waals surface area contributed by atoms with Crippen LogP contribution in [0.1, 0.15) is 42.4 Å². The molecule has 0 bridgehead atoms. The van der Waals surface area contributed by atoms with E-state index in [0.29, 0.717) is 16.7 Å². The summed E-state index contributed by atoms with van der Waals surface area (Å²) in [6.45, 7) is 3.51. The molecule has 6 nitrogen and oxygen atoms in total. The Morgan fingerprint density at radius 3 is 1.86 bits per heavy atom. The molecule has 148 valence electrons. The molecule has 0 N–H and O–H groups in total. The zero-order valence-corrected chi connectivity index (χ0v) is 16.4. The van der Waals surface area contributed by atoms with Crippen LogP contribution in [0.2, 0.25) is 0 Å². The number of benzene rings is 2. The molecule has 0 spiro atoms. The van der Waals surface area contributed by atoms with Gasteiger partial charge in [0.2, 0.25) is 0 Å². The smallest absolute Gasteiger partial charge is 0.321 e. The van der Waals surface area contributed by atoms with Gasteiger partial charge in [0, 0.05) is 5.92 Å². The Morgan fingerprint density at radius 2 is 1.41 bits per heavy atom. The van der Waals surface area contributed by atoms with Crippen molar-refractivity contribution in [3.8, 4) is 12.1 Å². The number of rotatable bonds is 8. The SMILES string of the molecule is CCOC(=O)C(C(=O)OCC)[C@H](c1ccccc1)[C@@H](C#N)c1ccc(C#N)cc1. The van der Waals surface area contributed by atoms with Gasteiger partial charge in [0.1, 0.15) is 0 Å². The zero-order chi connectivity index (χ0) is 21.2. The fourth-order valence-corrected chi connectivity index (χ4v) is 3.23. The first-order valence-corrected chi connectivity index (χ1v) is 9.35. The highest BCUT2D eigenvalue weighted by molar-refractivity contribution is 5.96. The van der Waals surface area contributed by atoms with E-state index >= 15 is 0 Å². The molecule has 2 aromatic carbocycles. The minimum Gasteiger partial charge on any atom is -0.465 e. The third kappa shape index (κ3) is 5.21. The van der Waals surface area contributed by atoms with E-state index in [0.717, 1.165) is 0 Å². The first kappa shape index (κ1) is 21.7. The summed E-state index contributed by atoms with van der Waals surface area (Å²) >= 11 is 0. The predicted octanol–water partition coefficient (Wildman–Crippen LogP) is 3.69. The highest BCUT2D eigenvalue weighted by Crippen LogP contribution is 2.40. The van der Waals surface area contributed by atoms with E-state index in [4.69, 9.17) is 14.7 Å². The highest BCUT2D eigenvalue weighted by atomic mass is 16.6. The van der Waals surface area contributed by atoms with Crippen LogP contribution in [0.25, 0.3) is 0 Å². The number of hydrogen-bond acceptors (Lipinski definition) is 6. The molecule has 2 atom stereocenters. The van der Waals surface area contributed by atoms with Gasteiger partial charge in [-0.1, -0.05) is 42.5 Å². The molecule has 0 amide bonds. The van der Waals surface area contributed by atoms with Crippen LogP contribution in [0, 0.1) is 28.6 Å². The van der Waals surface area contributed by atoms with Crippen LogP contribution < -0.4 is 0 Å². The van der Waals surface area contributed by atoms with Crippen molar-refractivity contribution in [3.05, 3.63) is 71.3 Å². The highest BCUT2D eigenvalue weighted by Gasteiger charge is 2.43. The number of hydrogen-bond donors (Lipinski definition) is 0. The molecule has 0 unspecified atom stereocenters. The molecule has 0 saturated heterocycles. The summed E-state index contributed by atoms with van der Waals surface area (Å²) in [5.74, 6) is -4.39. The normalized spacial score (nSPS) is 12.3. The molecule has 6 heteroatoms. The monoisotopic (exact) mass is 390 g/mol. The van der Waals surface area contributed by atoms with Crippen molar-refractivity contribution in [2.45, 2.75) is 25.7 Å². The van der Waals surface area contributed by atoms with Crippen molar-refractivity contribution >= 4 is 11.9 Å². The third-order valence-corrected chi connectivity index (χ3v) is 4.52. The second kappa shape index (κ2) is 10.6. The van der Waals surface area contributed by atoms with E-state index in [1.807, 2.05) is 12.1 Å². The van der Waals surface area contributed by atoms with Crippen LogP contribution >= 0.6 is 0 Å². The van der Waals surface area contributed by atoms with Gasteiger partial charge in [0.25, 0.3) is 0 Å². The summed E-state index contributed by atoms with van der Waals surface area (Å²) in [7, 11) is 0. The van der Waals surface area contributed by atoms with Gasteiger partial charge in [-0.3, -0.25) is 9.59 Å². The van der Waals surface area contributed by atoms with Gasteiger partial charge < -0.3 is 9.47 Å². The van der Waals surface area contributed by atoms with E-state index in [2.05, 4.69) is 6.07 Å². The van der Waals surface area contributed by atoms with Crippen LogP contribution in [0.15, 0.2) is 54.6 Å². The summed E-state index contributed by atoms with van der Waals surface area (Å²) in [5.41, 5.74) is 1.70. The number of ether oxygens (including phenoxy) is 2. The second-order valence-corrected chi connectivity index (χ2v) is 6.26. The Hall–Kier alpha value is -3.64. The lowest BCUT2D eigenvalue weighted by Gasteiger charge is -2.28.